The minimum Gasteiger partial charge on any atom is -0.385 e. The lowest BCUT2D eigenvalue weighted by molar-refractivity contribution is -0.384. The zero-order valence-electron chi connectivity index (χ0n) is 12.2. The molecule has 1 aromatic rings. The van der Waals surface area contributed by atoms with Crippen molar-refractivity contribution in [3.05, 3.63) is 28.3 Å². The summed E-state index contributed by atoms with van der Waals surface area (Å²) >= 11 is 1.95. The van der Waals surface area contributed by atoms with Gasteiger partial charge in [-0.2, -0.15) is 11.8 Å². The monoisotopic (exact) mass is 295 g/mol. The molecule has 6 heteroatoms. The summed E-state index contributed by atoms with van der Waals surface area (Å²) in [4.78, 5) is 13.0. The van der Waals surface area contributed by atoms with Crippen LogP contribution in [-0.2, 0) is 0 Å². The van der Waals surface area contributed by atoms with E-state index in [1.54, 1.807) is 12.1 Å². The lowest BCUT2D eigenvalue weighted by Gasteiger charge is -2.39. The molecule has 110 valence electrons. The predicted octanol–water partition coefficient (Wildman–Crippen LogP) is 3.36. The number of hydrogen-bond donors (Lipinski definition) is 1. The van der Waals surface area contributed by atoms with E-state index in [4.69, 9.17) is 0 Å². The number of nitro benzene ring substituents is 1. The van der Waals surface area contributed by atoms with Gasteiger partial charge in [-0.1, -0.05) is 0 Å². The lowest BCUT2D eigenvalue weighted by Crippen LogP contribution is -2.43. The highest BCUT2D eigenvalue weighted by Crippen LogP contribution is 2.34. The van der Waals surface area contributed by atoms with Crippen molar-refractivity contribution in [1.29, 1.82) is 0 Å². The van der Waals surface area contributed by atoms with E-state index in [1.165, 1.54) is 0 Å². The van der Waals surface area contributed by atoms with Gasteiger partial charge >= 0.3 is 0 Å². The molecule has 1 aliphatic heterocycles. The first-order valence-corrected chi connectivity index (χ1v) is 7.82. The van der Waals surface area contributed by atoms with Crippen molar-refractivity contribution in [3.8, 4) is 0 Å². The molecule has 0 saturated carbocycles. The molecule has 0 aliphatic carbocycles. The van der Waals surface area contributed by atoms with Gasteiger partial charge in [-0.05, 0) is 26.8 Å². The fourth-order valence-corrected chi connectivity index (χ4v) is 3.54. The van der Waals surface area contributed by atoms with Gasteiger partial charge in [0.1, 0.15) is 0 Å². The first-order valence-electron chi connectivity index (χ1n) is 6.83. The molecule has 0 bridgehead atoms. The molecule has 1 saturated heterocycles. The second-order valence-electron chi connectivity index (χ2n) is 5.56. The summed E-state index contributed by atoms with van der Waals surface area (Å²) in [6, 6.07) is 5.27. The highest BCUT2D eigenvalue weighted by molar-refractivity contribution is 8.00. The van der Waals surface area contributed by atoms with E-state index in [0.717, 1.165) is 36.8 Å². The highest BCUT2D eigenvalue weighted by Gasteiger charge is 2.28. The normalized spacial score (nSPS) is 17.9. The van der Waals surface area contributed by atoms with E-state index in [9.17, 15) is 10.1 Å². The van der Waals surface area contributed by atoms with Gasteiger partial charge in [0.25, 0.3) is 5.69 Å². The smallest absolute Gasteiger partial charge is 0.273 e. The molecule has 1 aromatic carbocycles. The predicted molar refractivity (Wildman–Crippen MR) is 86.0 cm³/mol. The average molecular weight is 295 g/mol. The molecular weight excluding hydrogens is 274 g/mol. The zero-order valence-corrected chi connectivity index (χ0v) is 13.0. The number of anilines is 2. The Bertz CT molecular complexity index is 505. The molecular formula is C14H21N3O2S. The van der Waals surface area contributed by atoms with Crippen LogP contribution in [0, 0.1) is 10.1 Å². The summed E-state index contributed by atoms with van der Waals surface area (Å²) in [5.74, 6) is 1.05. The Kier molecular flexibility index (Phi) is 4.42. The van der Waals surface area contributed by atoms with Crippen LogP contribution in [0.3, 0.4) is 0 Å². The summed E-state index contributed by atoms with van der Waals surface area (Å²) in [6.07, 6.45) is 0. The van der Waals surface area contributed by atoms with Gasteiger partial charge in [-0.25, -0.2) is 0 Å². The zero-order chi connectivity index (χ0) is 14.8. The Balaban J connectivity index is 2.32. The van der Waals surface area contributed by atoms with Crippen LogP contribution in [0.15, 0.2) is 18.2 Å². The van der Waals surface area contributed by atoms with Crippen LogP contribution in [0.1, 0.15) is 20.8 Å². The maximum absolute atomic E-state index is 11.1. The summed E-state index contributed by atoms with van der Waals surface area (Å²) in [5.41, 5.74) is 1.89. The van der Waals surface area contributed by atoms with Crippen LogP contribution < -0.4 is 10.2 Å². The fourth-order valence-electron chi connectivity index (χ4n) is 2.43. The number of non-ortho nitro benzene ring substituents is 1. The maximum atomic E-state index is 11.1. The van der Waals surface area contributed by atoms with E-state index in [2.05, 4.69) is 24.1 Å². The standard InChI is InChI=1S/C14H21N3O2S/c1-4-15-11-7-12(9-13(8-11)17(18)19)16-5-6-20-14(2,3)10-16/h7-9,15H,4-6,10H2,1-3H3. The Labute approximate surface area is 123 Å². The number of nitro groups is 1. The van der Waals surface area contributed by atoms with Crippen molar-refractivity contribution in [2.75, 3.05) is 35.6 Å². The molecule has 5 nitrogen and oxygen atoms in total. The summed E-state index contributed by atoms with van der Waals surface area (Å²) in [7, 11) is 0. The van der Waals surface area contributed by atoms with Crippen molar-refractivity contribution in [2.24, 2.45) is 0 Å². The Morgan fingerprint density at radius 3 is 2.80 bits per heavy atom. The third kappa shape index (κ3) is 3.56. The maximum Gasteiger partial charge on any atom is 0.273 e. The number of thioether (sulfide) groups is 1. The van der Waals surface area contributed by atoms with Gasteiger partial charge < -0.3 is 10.2 Å². The van der Waals surface area contributed by atoms with E-state index in [-0.39, 0.29) is 15.4 Å². The van der Waals surface area contributed by atoms with Gasteiger partial charge in [0, 0.05) is 53.6 Å². The summed E-state index contributed by atoms with van der Waals surface area (Å²) < 4.78 is 0.182. The van der Waals surface area contributed by atoms with Gasteiger partial charge in [0.15, 0.2) is 0 Å². The molecule has 0 unspecified atom stereocenters. The van der Waals surface area contributed by atoms with E-state index < -0.39 is 0 Å². The average Bonchev–Trinajstić information content (AvgIpc) is 2.37. The molecule has 0 atom stereocenters. The molecule has 0 radical (unpaired) electrons. The lowest BCUT2D eigenvalue weighted by atomic mass is 10.1. The SMILES string of the molecule is CCNc1cc(N2CCSC(C)(C)C2)cc([N+](=O)[O-])c1. The molecule has 0 aromatic heterocycles. The third-order valence-corrected chi connectivity index (χ3v) is 4.58. The van der Waals surface area contributed by atoms with Crippen molar-refractivity contribution in [3.63, 3.8) is 0 Å². The van der Waals surface area contributed by atoms with Crippen LogP contribution in [-0.4, -0.2) is 35.1 Å². The van der Waals surface area contributed by atoms with Crippen LogP contribution in [0.4, 0.5) is 17.1 Å². The Hall–Kier alpha value is -1.43. The van der Waals surface area contributed by atoms with Crippen molar-refractivity contribution in [2.45, 2.75) is 25.5 Å². The fraction of sp³-hybridized carbons (Fsp3) is 0.571. The first-order chi connectivity index (χ1) is 9.41. The highest BCUT2D eigenvalue weighted by atomic mass is 32.2. The molecule has 20 heavy (non-hydrogen) atoms. The minimum absolute atomic E-state index is 0.148. The summed E-state index contributed by atoms with van der Waals surface area (Å²) in [6.45, 7) is 9.01. The number of rotatable bonds is 4. The number of nitrogens with one attached hydrogen (secondary N) is 1. The van der Waals surface area contributed by atoms with Crippen molar-refractivity contribution < 1.29 is 4.92 Å². The van der Waals surface area contributed by atoms with Crippen LogP contribution in [0.25, 0.3) is 0 Å². The van der Waals surface area contributed by atoms with E-state index >= 15 is 0 Å². The Morgan fingerprint density at radius 2 is 2.20 bits per heavy atom. The quantitative estimate of drug-likeness (QED) is 0.682. The van der Waals surface area contributed by atoms with Crippen LogP contribution in [0.2, 0.25) is 0 Å². The molecule has 1 fully saturated rings. The third-order valence-electron chi connectivity index (χ3n) is 3.29. The van der Waals surface area contributed by atoms with Crippen molar-refractivity contribution >= 4 is 28.8 Å². The topological polar surface area (TPSA) is 58.4 Å². The van der Waals surface area contributed by atoms with E-state index in [1.807, 2.05) is 24.8 Å². The van der Waals surface area contributed by atoms with Crippen LogP contribution in [0.5, 0.6) is 0 Å². The number of nitrogens with zero attached hydrogens (tertiary/aromatic N) is 2. The van der Waals surface area contributed by atoms with Crippen LogP contribution >= 0.6 is 11.8 Å². The van der Waals surface area contributed by atoms with Gasteiger partial charge in [0.05, 0.1) is 4.92 Å². The first kappa shape index (κ1) is 15.0. The Morgan fingerprint density at radius 1 is 1.45 bits per heavy atom. The summed E-state index contributed by atoms with van der Waals surface area (Å²) in [5, 5.41) is 14.2. The van der Waals surface area contributed by atoms with E-state index in [0.29, 0.717) is 0 Å². The number of hydrogen-bond acceptors (Lipinski definition) is 5. The number of benzene rings is 1. The second-order valence-corrected chi connectivity index (χ2v) is 7.36. The molecule has 1 aliphatic rings. The second kappa shape index (κ2) is 5.91. The van der Waals surface area contributed by atoms with Gasteiger partial charge in [0.2, 0.25) is 0 Å². The molecule has 1 N–H and O–H groups in total. The van der Waals surface area contributed by atoms with Gasteiger partial charge in [-0.15, -0.1) is 0 Å². The molecule has 2 rings (SSSR count). The molecule has 1 heterocycles. The minimum atomic E-state index is -0.325. The van der Waals surface area contributed by atoms with Gasteiger partial charge in [-0.3, -0.25) is 10.1 Å². The molecule has 0 spiro atoms. The largest absolute Gasteiger partial charge is 0.385 e. The molecule has 0 amide bonds. The van der Waals surface area contributed by atoms with Crippen molar-refractivity contribution in [1.82, 2.24) is 0 Å².